The van der Waals surface area contributed by atoms with E-state index in [0.29, 0.717) is 6.42 Å². The molecule has 0 aromatic carbocycles. The van der Waals surface area contributed by atoms with Gasteiger partial charge < -0.3 is 21.1 Å². The van der Waals surface area contributed by atoms with Crippen LogP contribution in [0.1, 0.15) is 12.5 Å². The second kappa shape index (κ2) is 4.51. The Labute approximate surface area is 111 Å². The number of H-pyrrole nitrogens is 1. The maximum atomic E-state index is 11.7. The predicted molar refractivity (Wildman–Crippen MR) is 66.6 cm³/mol. The van der Waals surface area contributed by atoms with Crippen LogP contribution in [0, 0.1) is 5.92 Å². The van der Waals surface area contributed by atoms with Gasteiger partial charge in [0.15, 0.2) is 11.2 Å². The number of hydrogen-bond acceptors (Lipinski definition) is 8. The molecule has 0 bridgehead atoms. The molecule has 2 aromatic rings. The number of rotatable bonds is 2. The topological polar surface area (TPSA) is 163 Å². The number of aliphatic hydroxyl groups is 3. The molecule has 1 saturated carbocycles. The van der Waals surface area contributed by atoms with E-state index in [1.54, 1.807) is 0 Å². The second-order valence-electron chi connectivity index (χ2n) is 4.88. The van der Waals surface area contributed by atoms with Crippen molar-refractivity contribution in [2.75, 3.05) is 12.3 Å². The number of hydrogen-bond donors (Lipinski definition) is 5. The van der Waals surface area contributed by atoms with Crippen LogP contribution < -0.4 is 11.3 Å². The summed E-state index contributed by atoms with van der Waals surface area (Å²) >= 11 is 0. The molecular formula is C10H14N6O4. The lowest BCUT2D eigenvalue weighted by Crippen LogP contribution is -2.31. The first-order valence-corrected chi connectivity index (χ1v) is 6.10. The van der Waals surface area contributed by atoms with E-state index in [1.807, 2.05) is 0 Å². The number of aromatic nitrogens is 5. The lowest BCUT2D eigenvalue weighted by molar-refractivity contribution is -0.00511. The van der Waals surface area contributed by atoms with E-state index < -0.39 is 29.7 Å². The molecule has 0 radical (unpaired) electrons. The molecule has 2 heterocycles. The molecule has 20 heavy (non-hydrogen) atoms. The van der Waals surface area contributed by atoms with Crippen LogP contribution in [0.3, 0.4) is 0 Å². The molecule has 0 amide bonds. The third-order valence-electron chi connectivity index (χ3n) is 3.67. The highest BCUT2D eigenvalue weighted by Gasteiger charge is 2.43. The number of anilines is 1. The summed E-state index contributed by atoms with van der Waals surface area (Å²) in [5.41, 5.74) is 5.10. The van der Waals surface area contributed by atoms with Crippen LogP contribution in [0.2, 0.25) is 0 Å². The fourth-order valence-corrected chi connectivity index (χ4v) is 2.60. The zero-order valence-corrected chi connectivity index (χ0v) is 10.3. The summed E-state index contributed by atoms with van der Waals surface area (Å²) in [6.07, 6.45) is -1.89. The van der Waals surface area contributed by atoms with Crippen LogP contribution in [-0.2, 0) is 0 Å². The maximum absolute atomic E-state index is 11.7. The van der Waals surface area contributed by atoms with Crippen molar-refractivity contribution in [1.82, 2.24) is 25.0 Å². The van der Waals surface area contributed by atoms with Crippen LogP contribution in [0.4, 0.5) is 5.95 Å². The molecule has 10 nitrogen and oxygen atoms in total. The van der Waals surface area contributed by atoms with E-state index in [0.717, 1.165) is 0 Å². The zero-order valence-electron chi connectivity index (χ0n) is 10.3. The molecule has 0 spiro atoms. The average Bonchev–Trinajstić information content (AvgIpc) is 2.93. The molecule has 4 atom stereocenters. The Morgan fingerprint density at radius 3 is 2.80 bits per heavy atom. The van der Waals surface area contributed by atoms with Crippen LogP contribution in [0.15, 0.2) is 4.79 Å². The van der Waals surface area contributed by atoms with Gasteiger partial charge >= 0.3 is 0 Å². The molecule has 2 aromatic heterocycles. The molecule has 0 aliphatic heterocycles. The van der Waals surface area contributed by atoms with Crippen LogP contribution >= 0.6 is 0 Å². The number of nitrogens with one attached hydrogen (secondary N) is 1. The normalized spacial score (nSPS) is 30.1. The van der Waals surface area contributed by atoms with Gasteiger partial charge in [-0.15, -0.1) is 5.10 Å². The first kappa shape index (κ1) is 13.0. The summed E-state index contributed by atoms with van der Waals surface area (Å²) in [7, 11) is 0. The molecule has 108 valence electrons. The maximum Gasteiger partial charge on any atom is 0.282 e. The van der Waals surface area contributed by atoms with Crippen molar-refractivity contribution < 1.29 is 15.3 Å². The van der Waals surface area contributed by atoms with Crippen LogP contribution in [0.25, 0.3) is 11.2 Å². The predicted octanol–water partition coefficient (Wildman–Crippen LogP) is -2.63. The molecule has 6 N–H and O–H groups in total. The lowest BCUT2D eigenvalue weighted by atomic mass is 10.1. The van der Waals surface area contributed by atoms with Gasteiger partial charge in [-0.1, -0.05) is 5.21 Å². The fraction of sp³-hybridized carbons (Fsp3) is 0.600. The third kappa shape index (κ3) is 1.77. The molecular weight excluding hydrogens is 268 g/mol. The van der Waals surface area contributed by atoms with Crippen molar-refractivity contribution >= 4 is 17.1 Å². The minimum Gasteiger partial charge on any atom is -0.396 e. The van der Waals surface area contributed by atoms with Crippen molar-refractivity contribution in [2.24, 2.45) is 5.92 Å². The van der Waals surface area contributed by atoms with Gasteiger partial charge in [0.25, 0.3) is 5.56 Å². The minimum atomic E-state index is -1.13. The summed E-state index contributed by atoms with van der Waals surface area (Å²) < 4.78 is 1.27. The van der Waals surface area contributed by atoms with Crippen LogP contribution in [0.5, 0.6) is 0 Å². The zero-order chi connectivity index (χ0) is 14.4. The molecule has 0 unspecified atom stereocenters. The third-order valence-corrected chi connectivity index (χ3v) is 3.67. The number of nitrogen functional groups attached to an aromatic ring is 1. The monoisotopic (exact) mass is 282 g/mol. The van der Waals surface area contributed by atoms with E-state index in [-0.39, 0.29) is 23.7 Å². The van der Waals surface area contributed by atoms with Crippen molar-refractivity contribution in [3.63, 3.8) is 0 Å². The first-order chi connectivity index (χ1) is 9.52. The van der Waals surface area contributed by atoms with E-state index >= 15 is 0 Å². The summed E-state index contributed by atoms with van der Waals surface area (Å²) in [6, 6.07) is -0.624. The Hall–Kier alpha value is -2.04. The van der Waals surface area contributed by atoms with E-state index in [2.05, 4.69) is 20.3 Å². The Morgan fingerprint density at radius 2 is 2.15 bits per heavy atom. The molecule has 3 rings (SSSR count). The van der Waals surface area contributed by atoms with Gasteiger partial charge in [-0.05, 0) is 6.42 Å². The number of aromatic amines is 1. The number of aliphatic hydroxyl groups excluding tert-OH is 3. The van der Waals surface area contributed by atoms with Gasteiger partial charge in [-0.3, -0.25) is 9.78 Å². The molecule has 10 heteroatoms. The van der Waals surface area contributed by atoms with E-state index in [9.17, 15) is 15.0 Å². The van der Waals surface area contributed by atoms with Crippen molar-refractivity contribution in [3.8, 4) is 0 Å². The van der Waals surface area contributed by atoms with Crippen molar-refractivity contribution in [1.29, 1.82) is 0 Å². The van der Waals surface area contributed by atoms with Gasteiger partial charge in [0.2, 0.25) is 5.95 Å². The summed E-state index contributed by atoms with van der Waals surface area (Å²) in [4.78, 5) is 17.9. The minimum absolute atomic E-state index is 0.00772. The summed E-state index contributed by atoms with van der Waals surface area (Å²) in [5, 5.41) is 36.5. The Morgan fingerprint density at radius 1 is 1.40 bits per heavy atom. The van der Waals surface area contributed by atoms with E-state index in [1.165, 1.54) is 4.68 Å². The highest BCUT2D eigenvalue weighted by molar-refractivity contribution is 5.69. The highest BCUT2D eigenvalue weighted by Crippen LogP contribution is 2.35. The van der Waals surface area contributed by atoms with Crippen LogP contribution in [-0.4, -0.2) is 59.1 Å². The molecule has 1 aliphatic rings. The quantitative estimate of drug-likeness (QED) is 0.399. The van der Waals surface area contributed by atoms with Gasteiger partial charge in [0, 0.05) is 12.5 Å². The number of nitrogens with two attached hydrogens (primary N) is 1. The lowest BCUT2D eigenvalue weighted by Gasteiger charge is -2.16. The Balaban J connectivity index is 2.09. The summed E-state index contributed by atoms with van der Waals surface area (Å²) in [5.74, 6) is -0.550. The number of nitrogens with zero attached hydrogens (tertiary/aromatic N) is 4. The highest BCUT2D eigenvalue weighted by atomic mass is 16.3. The largest absolute Gasteiger partial charge is 0.396 e. The van der Waals surface area contributed by atoms with Crippen molar-refractivity contribution in [2.45, 2.75) is 24.7 Å². The van der Waals surface area contributed by atoms with Gasteiger partial charge in [-0.25, -0.2) is 4.68 Å². The van der Waals surface area contributed by atoms with Crippen molar-refractivity contribution in [3.05, 3.63) is 10.4 Å². The molecule has 1 fully saturated rings. The smallest absolute Gasteiger partial charge is 0.282 e. The second-order valence-corrected chi connectivity index (χ2v) is 4.88. The van der Waals surface area contributed by atoms with E-state index in [4.69, 9.17) is 10.8 Å². The Kier molecular flexibility index (Phi) is 2.92. The molecule has 0 saturated heterocycles. The average molecular weight is 282 g/mol. The van der Waals surface area contributed by atoms with Gasteiger partial charge in [0.1, 0.15) is 6.10 Å². The molecule has 1 aliphatic carbocycles. The standard InChI is InChI=1S/C10H14N6O4/c11-10-12-8-5(9(20)13-10)14-15-16(8)4-1-3(2-17)6(18)7(4)19/h3-4,6-7,17-19H,1-2H2,(H3,11,12,13,20)/t3-,4-,6-,7+/m1/s1. The van der Waals surface area contributed by atoms with Gasteiger partial charge in [-0.2, -0.15) is 4.98 Å². The SMILES string of the molecule is Nc1nc2c(nnn2[C@@H]2C[C@H](CO)[C@@H](O)[C@H]2O)c(=O)[nH]1. The summed E-state index contributed by atoms with van der Waals surface area (Å²) in [6.45, 7) is -0.252. The van der Waals surface area contributed by atoms with Gasteiger partial charge in [0.05, 0.1) is 12.1 Å². The number of fused-ring (bicyclic) bond motifs is 1. The first-order valence-electron chi connectivity index (χ1n) is 6.10. The Bertz CT molecular complexity index is 697. The fourth-order valence-electron chi connectivity index (χ4n) is 2.60.